The number of carbonyl (C=O) groups is 1. The van der Waals surface area contributed by atoms with Gasteiger partial charge < -0.3 is 19.2 Å². The van der Waals surface area contributed by atoms with Crippen molar-refractivity contribution in [2.45, 2.75) is 19.9 Å². The van der Waals surface area contributed by atoms with Crippen LogP contribution in [0.3, 0.4) is 0 Å². The molecule has 0 saturated carbocycles. The molecule has 0 spiro atoms. The lowest BCUT2D eigenvalue weighted by molar-refractivity contribution is -0.117. The topological polar surface area (TPSA) is 60.7 Å². The van der Waals surface area contributed by atoms with Crippen LogP contribution in [0.1, 0.15) is 30.0 Å². The number of hydrogen-bond acceptors (Lipinski definition) is 4. The number of amides is 1. The lowest BCUT2D eigenvalue weighted by atomic mass is 10.2. The zero-order chi connectivity index (χ0) is 16.8. The standard InChI is InChI=1S/C18H21NO4/c1-12-5-8-15(23-12)13(2)19-18(20)10-7-14-6-9-16(21-3)17(11-14)22-4/h5-11,13H,1-4H3,(H,19,20)/b10-7+. The van der Waals surface area contributed by atoms with Crippen molar-refractivity contribution in [3.05, 3.63) is 53.5 Å². The van der Waals surface area contributed by atoms with Gasteiger partial charge in [0, 0.05) is 6.08 Å². The fraction of sp³-hybridized carbons (Fsp3) is 0.278. The number of aryl methyl sites for hydroxylation is 1. The third-order valence-electron chi connectivity index (χ3n) is 3.38. The second-order valence-electron chi connectivity index (χ2n) is 5.13. The van der Waals surface area contributed by atoms with E-state index in [4.69, 9.17) is 13.9 Å². The Morgan fingerprint density at radius 1 is 1.17 bits per heavy atom. The molecule has 0 aliphatic heterocycles. The zero-order valence-electron chi connectivity index (χ0n) is 13.8. The maximum absolute atomic E-state index is 12.0. The summed E-state index contributed by atoms with van der Waals surface area (Å²) in [5.74, 6) is 2.63. The molecule has 2 rings (SSSR count). The van der Waals surface area contributed by atoms with Gasteiger partial charge in [-0.3, -0.25) is 4.79 Å². The molecule has 1 aromatic heterocycles. The van der Waals surface area contributed by atoms with Gasteiger partial charge in [-0.1, -0.05) is 6.07 Å². The summed E-state index contributed by atoms with van der Waals surface area (Å²) in [4.78, 5) is 12.0. The monoisotopic (exact) mass is 315 g/mol. The van der Waals surface area contributed by atoms with Crippen LogP contribution in [-0.2, 0) is 4.79 Å². The van der Waals surface area contributed by atoms with Crippen molar-refractivity contribution in [2.24, 2.45) is 0 Å². The first kappa shape index (κ1) is 16.7. The van der Waals surface area contributed by atoms with Gasteiger partial charge >= 0.3 is 0 Å². The van der Waals surface area contributed by atoms with Crippen molar-refractivity contribution in [1.29, 1.82) is 0 Å². The summed E-state index contributed by atoms with van der Waals surface area (Å²) >= 11 is 0. The predicted molar refractivity (Wildman–Crippen MR) is 88.6 cm³/mol. The molecule has 1 aromatic carbocycles. The second-order valence-corrected chi connectivity index (χ2v) is 5.13. The number of nitrogens with one attached hydrogen (secondary N) is 1. The number of hydrogen-bond donors (Lipinski definition) is 1. The molecule has 23 heavy (non-hydrogen) atoms. The van der Waals surface area contributed by atoms with E-state index >= 15 is 0 Å². The van der Waals surface area contributed by atoms with Crippen LogP contribution in [0.25, 0.3) is 6.08 Å². The minimum Gasteiger partial charge on any atom is -0.493 e. The van der Waals surface area contributed by atoms with Gasteiger partial charge in [-0.25, -0.2) is 0 Å². The Bertz CT molecular complexity index is 703. The van der Waals surface area contributed by atoms with Crippen LogP contribution < -0.4 is 14.8 Å². The highest BCUT2D eigenvalue weighted by Crippen LogP contribution is 2.27. The molecule has 0 radical (unpaired) electrons. The summed E-state index contributed by atoms with van der Waals surface area (Å²) < 4.78 is 15.9. The van der Waals surface area contributed by atoms with E-state index < -0.39 is 0 Å². The van der Waals surface area contributed by atoms with Gasteiger partial charge in [-0.2, -0.15) is 0 Å². The first-order valence-corrected chi connectivity index (χ1v) is 7.30. The molecule has 1 atom stereocenters. The Morgan fingerprint density at radius 3 is 2.52 bits per heavy atom. The molecule has 0 aliphatic rings. The summed E-state index contributed by atoms with van der Waals surface area (Å²) in [6.07, 6.45) is 3.20. The smallest absolute Gasteiger partial charge is 0.244 e. The van der Waals surface area contributed by atoms with E-state index in [9.17, 15) is 4.79 Å². The van der Waals surface area contributed by atoms with E-state index in [1.807, 2.05) is 38.1 Å². The molecule has 1 unspecified atom stereocenters. The van der Waals surface area contributed by atoms with Gasteiger partial charge in [0.1, 0.15) is 11.5 Å². The fourth-order valence-electron chi connectivity index (χ4n) is 2.15. The van der Waals surface area contributed by atoms with Gasteiger partial charge in [0.05, 0.1) is 20.3 Å². The van der Waals surface area contributed by atoms with E-state index in [0.29, 0.717) is 11.5 Å². The highest BCUT2D eigenvalue weighted by atomic mass is 16.5. The Hall–Kier alpha value is -2.69. The molecular formula is C18H21NO4. The maximum Gasteiger partial charge on any atom is 0.244 e. The summed E-state index contributed by atoms with van der Waals surface area (Å²) in [7, 11) is 3.16. The number of rotatable bonds is 6. The quantitative estimate of drug-likeness (QED) is 0.829. The van der Waals surface area contributed by atoms with Crippen molar-refractivity contribution in [1.82, 2.24) is 5.32 Å². The Morgan fingerprint density at radius 2 is 1.91 bits per heavy atom. The zero-order valence-corrected chi connectivity index (χ0v) is 13.8. The molecule has 0 bridgehead atoms. The molecule has 1 amide bonds. The number of benzene rings is 1. The van der Waals surface area contributed by atoms with Gasteiger partial charge in [-0.05, 0) is 49.8 Å². The van der Waals surface area contributed by atoms with E-state index in [1.54, 1.807) is 26.4 Å². The normalized spacial score (nSPS) is 12.2. The molecule has 0 aliphatic carbocycles. The predicted octanol–water partition coefficient (Wildman–Crippen LogP) is 3.50. The minimum atomic E-state index is -0.193. The van der Waals surface area contributed by atoms with E-state index in [0.717, 1.165) is 17.1 Å². The van der Waals surface area contributed by atoms with Crippen LogP contribution in [0.5, 0.6) is 11.5 Å². The van der Waals surface area contributed by atoms with Crippen molar-refractivity contribution in [3.63, 3.8) is 0 Å². The molecule has 1 heterocycles. The van der Waals surface area contributed by atoms with E-state index in [2.05, 4.69) is 5.32 Å². The van der Waals surface area contributed by atoms with Gasteiger partial charge in [0.25, 0.3) is 0 Å². The van der Waals surface area contributed by atoms with Crippen molar-refractivity contribution in [2.75, 3.05) is 14.2 Å². The Labute approximate surface area is 135 Å². The third kappa shape index (κ3) is 4.39. The summed E-state index contributed by atoms with van der Waals surface area (Å²) in [5, 5.41) is 2.86. The summed E-state index contributed by atoms with van der Waals surface area (Å²) in [6, 6.07) is 9.00. The largest absolute Gasteiger partial charge is 0.493 e. The van der Waals surface area contributed by atoms with Crippen LogP contribution in [0.4, 0.5) is 0 Å². The number of carbonyl (C=O) groups excluding carboxylic acids is 1. The van der Waals surface area contributed by atoms with Crippen LogP contribution in [0, 0.1) is 6.92 Å². The lowest BCUT2D eigenvalue weighted by Crippen LogP contribution is -2.24. The molecule has 5 nitrogen and oxygen atoms in total. The van der Waals surface area contributed by atoms with Gasteiger partial charge in [0.15, 0.2) is 11.5 Å². The van der Waals surface area contributed by atoms with E-state index in [-0.39, 0.29) is 11.9 Å². The molecule has 0 fully saturated rings. The van der Waals surface area contributed by atoms with Crippen LogP contribution in [-0.4, -0.2) is 20.1 Å². The third-order valence-corrected chi connectivity index (χ3v) is 3.38. The van der Waals surface area contributed by atoms with Crippen molar-refractivity contribution in [3.8, 4) is 11.5 Å². The molecular weight excluding hydrogens is 294 g/mol. The van der Waals surface area contributed by atoms with Gasteiger partial charge in [0.2, 0.25) is 5.91 Å². The molecule has 5 heteroatoms. The van der Waals surface area contributed by atoms with Crippen molar-refractivity contribution < 1.29 is 18.7 Å². The highest BCUT2D eigenvalue weighted by Gasteiger charge is 2.11. The lowest BCUT2D eigenvalue weighted by Gasteiger charge is -2.09. The highest BCUT2D eigenvalue weighted by molar-refractivity contribution is 5.92. The fourth-order valence-corrected chi connectivity index (χ4v) is 2.15. The SMILES string of the molecule is COc1ccc(/C=C/C(=O)NC(C)c2ccc(C)o2)cc1OC. The van der Waals surface area contributed by atoms with Crippen molar-refractivity contribution >= 4 is 12.0 Å². The van der Waals surface area contributed by atoms with E-state index in [1.165, 1.54) is 6.08 Å². The molecule has 1 N–H and O–H groups in total. The number of furan rings is 1. The number of methoxy groups -OCH3 is 2. The Kier molecular flexibility index (Phi) is 5.46. The Balaban J connectivity index is 2.00. The van der Waals surface area contributed by atoms with Crippen LogP contribution in [0.2, 0.25) is 0 Å². The van der Waals surface area contributed by atoms with Crippen LogP contribution >= 0.6 is 0 Å². The first-order chi connectivity index (χ1) is 11.0. The summed E-state index contributed by atoms with van der Waals surface area (Å²) in [5.41, 5.74) is 0.847. The number of ether oxygens (including phenoxy) is 2. The van der Waals surface area contributed by atoms with Crippen LogP contribution in [0.15, 0.2) is 40.8 Å². The summed E-state index contributed by atoms with van der Waals surface area (Å²) in [6.45, 7) is 3.75. The molecule has 122 valence electrons. The average molecular weight is 315 g/mol. The average Bonchev–Trinajstić information content (AvgIpc) is 2.99. The molecule has 0 saturated heterocycles. The minimum absolute atomic E-state index is 0.189. The molecule has 2 aromatic rings. The second kappa shape index (κ2) is 7.54. The maximum atomic E-state index is 12.0. The van der Waals surface area contributed by atoms with Gasteiger partial charge in [-0.15, -0.1) is 0 Å². The first-order valence-electron chi connectivity index (χ1n) is 7.30.